The molecule has 0 aliphatic heterocycles. The van der Waals surface area contributed by atoms with Gasteiger partial charge in [-0.3, -0.25) is 9.59 Å². The molecule has 1 amide bonds. The summed E-state index contributed by atoms with van der Waals surface area (Å²) in [5.41, 5.74) is -1.90. The summed E-state index contributed by atoms with van der Waals surface area (Å²) in [6, 6.07) is 5.12. The molecule has 3 rings (SSSR count). The first-order chi connectivity index (χ1) is 18.5. The van der Waals surface area contributed by atoms with Crippen molar-refractivity contribution in [1.29, 1.82) is 0 Å². The normalized spacial score (nSPS) is 11.8. The van der Waals surface area contributed by atoms with Gasteiger partial charge in [-0.05, 0) is 41.3 Å². The highest BCUT2D eigenvalue weighted by Gasteiger charge is 2.31. The van der Waals surface area contributed by atoms with Crippen molar-refractivity contribution in [1.82, 2.24) is 9.88 Å². The molecular formula is C28H29ClF2N2O6S. The van der Waals surface area contributed by atoms with Crippen molar-refractivity contribution in [2.75, 3.05) is 12.8 Å². The zero-order valence-corrected chi connectivity index (χ0v) is 24.4. The van der Waals surface area contributed by atoms with E-state index in [1.807, 2.05) is 0 Å². The Labute approximate surface area is 235 Å². The maximum atomic E-state index is 15.4. The minimum Gasteiger partial charge on any atom is -0.409 e. The minimum absolute atomic E-state index is 0.0203. The van der Waals surface area contributed by atoms with E-state index in [0.717, 1.165) is 24.3 Å². The number of benzene rings is 2. The third kappa shape index (κ3) is 6.42. The summed E-state index contributed by atoms with van der Waals surface area (Å²) in [5, 5.41) is 2.08. The summed E-state index contributed by atoms with van der Waals surface area (Å²) >= 11 is 6.14. The van der Waals surface area contributed by atoms with Crippen LogP contribution in [0, 0.1) is 11.6 Å². The van der Waals surface area contributed by atoms with Crippen molar-refractivity contribution in [3.05, 3.63) is 85.8 Å². The molecule has 0 fully saturated rings. The summed E-state index contributed by atoms with van der Waals surface area (Å²) in [6.45, 7) is 6.58. The molecule has 0 aliphatic carbocycles. The molecule has 0 saturated carbocycles. The lowest BCUT2D eigenvalue weighted by molar-refractivity contribution is 0.103. The van der Waals surface area contributed by atoms with Gasteiger partial charge in [0.15, 0.2) is 21.4 Å². The maximum absolute atomic E-state index is 15.4. The number of aromatic nitrogens is 1. The fraction of sp³-hybridized carbons (Fsp3) is 0.321. The second kappa shape index (κ2) is 11.5. The van der Waals surface area contributed by atoms with Gasteiger partial charge in [-0.1, -0.05) is 39.3 Å². The molecule has 0 aliphatic rings. The lowest BCUT2D eigenvalue weighted by Crippen LogP contribution is -2.32. The van der Waals surface area contributed by atoms with Gasteiger partial charge < -0.3 is 14.6 Å². The number of aryl methyl sites for hydroxylation is 1. The second-order valence-electron chi connectivity index (χ2n) is 10.2. The van der Waals surface area contributed by atoms with Crippen LogP contribution >= 0.6 is 11.6 Å². The molecule has 3 aromatic rings. The second-order valence-corrected chi connectivity index (χ2v) is 12.9. The Kier molecular flexibility index (Phi) is 8.90. The molecule has 0 spiro atoms. The summed E-state index contributed by atoms with van der Waals surface area (Å²) in [5.74, 6) is -3.59. The molecule has 214 valence electrons. The molecule has 0 saturated heterocycles. The van der Waals surface area contributed by atoms with Gasteiger partial charge in [-0.2, -0.15) is 0 Å². The van der Waals surface area contributed by atoms with Crippen LogP contribution in [-0.4, -0.2) is 37.7 Å². The Morgan fingerprint density at radius 1 is 1.07 bits per heavy atom. The molecule has 1 aromatic heterocycles. The quantitative estimate of drug-likeness (QED) is 0.378. The van der Waals surface area contributed by atoms with Gasteiger partial charge in [0.05, 0.1) is 16.3 Å². The van der Waals surface area contributed by atoms with Crippen LogP contribution < -0.4 is 15.6 Å². The van der Waals surface area contributed by atoms with Crippen molar-refractivity contribution in [3.63, 3.8) is 0 Å². The van der Waals surface area contributed by atoms with Crippen LogP contribution in [0.1, 0.15) is 54.7 Å². The highest BCUT2D eigenvalue weighted by molar-refractivity contribution is 7.90. The SMILES string of the molecule is CCS(=O)(=O)Cc1cc(-c2cn(C)c(=O)c(C(C)(C)C)c2OC(=O)NC)c(C(=O)c2ccc(F)cc2Cl)cc1F. The maximum Gasteiger partial charge on any atom is 0.412 e. The number of hydrogen-bond acceptors (Lipinski definition) is 6. The first-order valence-electron chi connectivity index (χ1n) is 12.2. The van der Waals surface area contributed by atoms with Gasteiger partial charge in [0, 0.05) is 48.3 Å². The standard InChI is InChI=1S/C28H29ClF2N2O6S/c1-7-40(37,38)14-15-10-18(19(12-22(15)31)24(34)17-9-8-16(30)11-21(17)29)20-13-33(6)26(35)23(28(2,3)4)25(20)39-27(36)32-5/h8-13H,7,14H2,1-6H3,(H,32,36). The van der Waals surface area contributed by atoms with Gasteiger partial charge in [-0.15, -0.1) is 0 Å². The monoisotopic (exact) mass is 594 g/mol. The van der Waals surface area contributed by atoms with Gasteiger partial charge in [0.2, 0.25) is 0 Å². The third-order valence-electron chi connectivity index (χ3n) is 6.19. The number of halogens is 3. The van der Waals surface area contributed by atoms with Gasteiger partial charge in [-0.25, -0.2) is 22.0 Å². The molecule has 8 nitrogen and oxygen atoms in total. The van der Waals surface area contributed by atoms with Crippen molar-refractivity contribution in [2.24, 2.45) is 7.05 Å². The lowest BCUT2D eigenvalue weighted by atomic mass is 9.84. The van der Waals surface area contributed by atoms with Crippen molar-refractivity contribution >= 4 is 33.3 Å². The van der Waals surface area contributed by atoms with Crippen molar-refractivity contribution in [2.45, 2.75) is 38.9 Å². The fourth-order valence-corrected chi connectivity index (χ4v) is 5.27. The average molecular weight is 595 g/mol. The van der Waals surface area contributed by atoms with E-state index in [1.165, 1.54) is 37.8 Å². The Bertz CT molecular complexity index is 1680. The van der Waals surface area contributed by atoms with Gasteiger partial charge in [0.1, 0.15) is 11.6 Å². The van der Waals surface area contributed by atoms with E-state index in [1.54, 1.807) is 20.8 Å². The summed E-state index contributed by atoms with van der Waals surface area (Å²) < 4.78 is 60.7. The topological polar surface area (TPSA) is 112 Å². The molecule has 12 heteroatoms. The minimum atomic E-state index is -3.71. The molecule has 0 unspecified atom stereocenters. The largest absolute Gasteiger partial charge is 0.412 e. The highest BCUT2D eigenvalue weighted by atomic mass is 35.5. The number of ketones is 1. The van der Waals surface area contributed by atoms with Crippen LogP contribution in [0.5, 0.6) is 5.75 Å². The van der Waals surface area contributed by atoms with E-state index in [4.69, 9.17) is 16.3 Å². The molecule has 2 aromatic carbocycles. The number of pyridine rings is 1. The highest BCUT2D eigenvalue weighted by Crippen LogP contribution is 2.40. The Morgan fingerprint density at radius 3 is 2.27 bits per heavy atom. The number of hydrogen-bond donors (Lipinski definition) is 1. The Hall–Kier alpha value is -3.57. The third-order valence-corrected chi connectivity index (χ3v) is 8.13. The zero-order chi connectivity index (χ0) is 30.2. The molecule has 1 N–H and O–H groups in total. The number of sulfone groups is 1. The summed E-state index contributed by atoms with van der Waals surface area (Å²) in [6.07, 6.45) is 0.398. The van der Waals surface area contributed by atoms with Gasteiger partial charge in [0.25, 0.3) is 5.56 Å². The number of ether oxygens (including phenoxy) is 1. The number of carbonyl (C=O) groups excluding carboxylic acids is 2. The number of nitrogens with zero attached hydrogens (tertiary/aromatic N) is 1. The molecule has 1 heterocycles. The van der Waals surface area contributed by atoms with Crippen LogP contribution in [-0.2, 0) is 28.1 Å². The van der Waals surface area contributed by atoms with E-state index < -0.39 is 50.1 Å². The van der Waals surface area contributed by atoms with E-state index in [9.17, 15) is 27.2 Å². The predicted molar refractivity (Wildman–Crippen MR) is 149 cm³/mol. The van der Waals surface area contributed by atoms with Crippen LogP contribution in [0.2, 0.25) is 5.02 Å². The number of nitrogens with one attached hydrogen (secondary N) is 1. The van der Waals surface area contributed by atoms with E-state index in [0.29, 0.717) is 0 Å². The Morgan fingerprint density at radius 2 is 1.73 bits per heavy atom. The van der Waals surface area contributed by atoms with E-state index in [-0.39, 0.29) is 49.9 Å². The van der Waals surface area contributed by atoms with Crippen LogP contribution in [0.25, 0.3) is 11.1 Å². The van der Waals surface area contributed by atoms with Crippen molar-refractivity contribution < 1.29 is 31.5 Å². The molecule has 40 heavy (non-hydrogen) atoms. The Balaban J connectivity index is 2.51. The zero-order valence-electron chi connectivity index (χ0n) is 22.8. The molecule has 0 bridgehead atoms. The molecular weight excluding hydrogens is 566 g/mol. The lowest BCUT2D eigenvalue weighted by Gasteiger charge is -2.25. The molecule has 0 atom stereocenters. The summed E-state index contributed by atoms with van der Waals surface area (Å²) in [7, 11) is -0.939. The number of rotatable bonds is 7. The number of amides is 1. The van der Waals surface area contributed by atoms with E-state index >= 15 is 4.39 Å². The van der Waals surface area contributed by atoms with E-state index in [2.05, 4.69) is 5.32 Å². The first-order valence-corrected chi connectivity index (χ1v) is 14.4. The smallest absolute Gasteiger partial charge is 0.409 e. The number of carbonyl (C=O) groups is 2. The van der Waals surface area contributed by atoms with Crippen LogP contribution in [0.4, 0.5) is 13.6 Å². The average Bonchev–Trinajstić information content (AvgIpc) is 2.85. The fourth-order valence-electron chi connectivity index (χ4n) is 4.12. The van der Waals surface area contributed by atoms with Crippen molar-refractivity contribution in [3.8, 4) is 16.9 Å². The summed E-state index contributed by atoms with van der Waals surface area (Å²) in [4.78, 5) is 39.4. The predicted octanol–water partition coefficient (Wildman–Crippen LogP) is 5.17. The van der Waals surface area contributed by atoms with Crippen LogP contribution in [0.3, 0.4) is 0 Å². The molecule has 0 radical (unpaired) electrons. The first kappa shape index (κ1) is 31.0. The van der Waals surface area contributed by atoms with Gasteiger partial charge >= 0.3 is 6.09 Å². The van der Waals surface area contributed by atoms with Crippen LogP contribution in [0.15, 0.2) is 41.3 Å².